The van der Waals surface area contributed by atoms with Gasteiger partial charge in [0.05, 0.1) is 26.4 Å². The van der Waals surface area contributed by atoms with E-state index in [1.807, 2.05) is 44.2 Å². The molecule has 6 nitrogen and oxygen atoms in total. The van der Waals surface area contributed by atoms with E-state index in [9.17, 15) is 4.79 Å². The van der Waals surface area contributed by atoms with Crippen molar-refractivity contribution in [1.29, 1.82) is 0 Å². The number of esters is 1. The maximum absolute atomic E-state index is 11.4. The fourth-order valence-corrected chi connectivity index (χ4v) is 3.79. The molecule has 162 valence electrons. The first-order valence-corrected chi connectivity index (χ1v) is 10.6. The summed E-state index contributed by atoms with van der Waals surface area (Å²) in [5.74, 6) is 2.38. The van der Waals surface area contributed by atoms with Crippen molar-refractivity contribution < 1.29 is 23.4 Å². The van der Waals surface area contributed by atoms with Gasteiger partial charge in [0.25, 0.3) is 0 Å². The van der Waals surface area contributed by atoms with Crippen LogP contribution in [0.1, 0.15) is 50.5 Å². The van der Waals surface area contributed by atoms with Gasteiger partial charge in [0.1, 0.15) is 17.2 Å². The SMILES string of the molecule is CCOC(=O)C=CCC1CCCC(OCc2nc(-c3cccc(OC)c3)oc2C)C1. The number of methoxy groups -OCH3 is 1. The van der Waals surface area contributed by atoms with Gasteiger partial charge in [-0.25, -0.2) is 9.78 Å². The summed E-state index contributed by atoms with van der Waals surface area (Å²) in [4.78, 5) is 16.1. The molecule has 1 aliphatic carbocycles. The van der Waals surface area contributed by atoms with Crippen molar-refractivity contribution in [3.63, 3.8) is 0 Å². The molecule has 0 bridgehead atoms. The maximum Gasteiger partial charge on any atom is 0.330 e. The number of aryl methyl sites for hydroxylation is 1. The molecule has 2 aromatic rings. The molecule has 0 saturated heterocycles. The molecule has 0 aliphatic heterocycles. The van der Waals surface area contributed by atoms with E-state index < -0.39 is 0 Å². The van der Waals surface area contributed by atoms with Crippen molar-refractivity contribution in [3.05, 3.63) is 47.9 Å². The lowest BCUT2D eigenvalue weighted by atomic mass is 9.85. The molecule has 2 atom stereocenters. The highest BCUT2D eigenvalue weighted by atomic mass is 16.5. The molecular formula is C24H31NO5. The number of allylic oxidation sites excluding steroid dienone is 1. The minimum Gasteiger partial charge on any atom is -0.497 e. The van der Waals surface area contributed by atoms with Crippen molar-refractivity contribution in [1.82, 2.24) is 4.98 Å². The number of nitrogens with zero attached hydrogens (tertiary/aromatic N) is 1. The summed E-state index contributed by atoms with van der Waals surface area (Å²) in [6.07, 6.45) is 8.88. The van der Waals surface area contributed by atoms with E-state index in [0.717, 1.165) is 54.9 Å². The molecule has 0 spiro atoms. The van der Waals surface area contributed by atoms with Crippen LogP contribution in [0.25, 0.3) is 11.5 Å². The van der Waals surface area contributed by atoms with Gasteiger partial charge < -0.3 is 18.6 Å². The molecule has 2 unspecified atom stereocenters. The third kappa shape index (κ3) is 6.20. The van der Waals surface area contributed by atoms with Gasteiger partial charge in [-0.15, -0.1) is 0 Å². The standard InChI is InChI=1S/C24H31NO5/c1-4-28-23(26)13-6-9-18-8-5-12-21(14-18)29-16-22-17(2)30-24(25-22)19-10-7-11-20(15-19)27-3/h6-7,10-11,13,15,18,21H,4-5,8-9,12,14,16H2,1-3H3. The number of hydrogen-bond donors (Lipinski definition) is 0. The Labute approximate surface area is 178 Å². The van der Waals surface area contributed by atoms with Crippen LogP contribution in [0.2, 0.25) is 0 Å². The number of ether oxygens (including phenoxy) is 3. The van der Waals surface area contributed by atoms with E-state index in [0.29, 0.717) is 25.0 Å². The van der Waals surface area contributed by atoms with E-state index in [4.69, 9.17) is 18.6 Å². The third-order valence-corrected chi connectivity index (χ3v) is 5.41. The zero-order valence-electron chi connectivity index (χ0n) is 18.1. The number of carbonyl (C=O) groups is 1. The Morgan fingerprint density at radius 2 is 2.20 bits per heavy atom. The van der Waals surface area contributed by atoms with Crippen LogP contribution >= 0.6 is 0 Å². The van der Waals surface area contributed by atoms with Crippen LogP contribution in [0.15, 0.2) is 40.8 Å². The van der Waals surface area contributed by atoms with Gasteiger partial charge in [-0.3, -0.25) is 0 Å². The molecule has 1 aromatic carbocycles. The Bertz CT molecular complexity index is 857. The summed E-state index contributed by atoms with van der Waals surface area (Å²) in [6, 6.07) is 7.67. The molecule has 0 amide bonds. The maximum atomic E-state index is 11.4. The monoisotopic (exact) mass is 413 g/mol. The molecule has 1 fully saturated rings. The highest BCUT2D eigenvalue weighted by Gasteiger charge is 2.23. The lowest BCUT2D eigenvalue weighted by molar-refractivity contribution is -0.137. The molecule has 0 N–H and O–H groups in total. The van der Waals surface area contributed by atoms with Crippen LogP contribution in [0.3, 0.4) is 0 Å². The summed E-state index contributed by atoms with van der Waals surface area (Å²) in [7, 11) is 1.64. The summed E-state index contributed by atoms with van der Waals surface area (Å²) >= 11 is 0. The van der Waals surface area contributed by atoms with Crippen molar-refractivity contribution in [2.75, 3.05) is 13.7 Å². The normalized spacial score (nSPS) is 19.2. The largest absolute Gasteiger partial charge is 0.497 e. The molecule has 30 heavy (non-hydrogen) atoms. The predicted octanol–water partition coefficient (Wildman–Crippen LogP) is 5.24. The van der Waals surface area contributed by atoms with Gasteiger partial charge in [0, 0.05) is 11.6 Å². The van der Waals surface area contributed by atoms with E-state index in [-0.39, 0.29) is 12.1 Å². The van der Waals surface area contributed by atoms with Crippen molar-refractivity contribution in [2.45, 2.75) is 58.7 Å². The second-order valence-electron chi connectivity index (χ2n) is 7.61. The Morgan fingerprint density at radius 1 is 1.33 bits per heavy atom. The van der Waals surface area contributed by atoms with Gasteiger partial charge in [-0.1, -0.05) is 18.6 Å². The fraction of sp³-hybridized carbons (Fsp3) is 0.500. The summed E-state index contributed by atoms with van der Waals surface area (Å²) < 4.78 is 22.2. The first kappa shape index (κ1) is 22.1. The van der Waals surface area contributed by atoms with Crippen molar-refractivity contribution >= 4 is 5.97 Å². The molecule has 1 heterocycles. The Balaban J connectivity index is 1.52. The van der Waals surface area contributed by atoms with E-state index in [1.165, 1.54) is 6.08 Å². The third-order valence-electron chi connectivity index (χ3n) is 5.41. The van der Waals surface area contributed by atoms with Crippen LogP contribution < -0.4 is 4.74 Å². The molecule has 3 rings (SSSR count). The van der Waals surface area contributed by atoms with Crippen LogP contribution in [-0.4, -0.2) is 30.8 Å². The zero-order chi connectivity index (χ0) is 21.3. The number of benzene rings is 1. The molecule has 1 aromatic heterocycles. The number of hydrogen-bond acceptors (Lipinski definition) is 6. The summed E-state index contributed by atoms with van der Waals surface area (Å²) in [6.45, 7) is 4.57. The smallest absolute Gasteiger partial charge is 0.330 e. The quantitative estimate of drug-likeness (QED) is 0.413. The molecule has 1 aliphatic rings. The zero-order valence-corrected chi connectivity index (χ0v) is 18.1. The molecular weight excluding hydrogens is 382 g/mol. The molecule has 6 heteroatoms. The second-order valence-corrected chi connectivity index (χ2v) is 7.61. The van der Waals surface area contributed by atoms with Gasteiger partial charge in [-0.2, -0.15) is 0 Å². The summed E-state index contributed by atoms with van der Waals surface area (Å²) in [5.41, 5.74) is 1.71. The average Bonchev–Trinajstić information content (AvgIpc) is 3.13. The number of oxazole rings is 1. The van der Waals surface area contributed by atoms with Crippen LogP contribution in [0, 0.1) is 12.8 Å². The highest BCUT2D eigenvalue weighted by Crippen LogP contribution is 2.30. The number of carbonyl (C=O) groups excluding carboxylic acids is 1. The first-order valence-electron chi connectivity index (χ1n) is 10.6. The minimum absolute atomic E-state index is 0.205. The van der Waals surface area contributed by atoms with Gasteiger partial charge in [-0.05, 0) is 63.6 Å². The van der Waals surface area contributed by atoms with Crippen LogP contribution in [0.4, 0.5) is 0 Å². The van der Waals surface area contributed by atoms with E-state index in [2.05, 4.69) is 4.98 Å². The van der Waals surface area contributed by atoms with Gasteiger partial charge >= 0.3 is 5.97 Å². The minimum atomic E-state index is -0.269. The van der Waals surface area contributed by atoms with Crippen LogP contribution in [0.5, 0.6) is 5.75 Å². The van der Waals surface area contributed by atoms with Crippen molar-refractivity contribution in [3.8, 4) is 17.2 Å². The number of aromatic nitrogens is 1. The van der Waals surface area contributed by atoms with Gasteiger partial charge in [0.15, 0.2) is 0 Å². The summed E-state index contributed by atoms with van der Waals surface area (Å²) in [5, 5.41) is 0. The highest BCUT2D eigenvalue weighted by molar-refractivity contribution is 5.81. The average molecular weight is 414 g/mol. The number of rotatable bonds is 9. The van der Waals surface area contributed by atoms with E-state index >= 15 is 0 Å². The Kier molecular flexibility index (Phi) is 8.08. The first-order chi connectivity index (χ1) is 14.6. The molecule has 0 radical (unpaired) electrons. The fourth-order valence-electron chi connectivity index (χ4n) is 3.79. The van der Waals surface area contributed by atoms with Gasteiger partial charge in [0.2, 0.25) is 5.89 Å². The lowest BCUT2D eigenvalue weighted by Gasteiger charge is -2.28. The lowest BCUT2D eigenvalue weighted by Crippen LogP contribution is -2.22. The van der Waals surface area contributed by atoms with E-state index in [1.54, 1.807) is 7.11 Å². The van der Waals surface area contributed by atoms with Crippen LogP contribution in [-0.2, 0) is 20.9 Å². The predicted molar refractivity (Wildman–Crippen MR) is 114 cm³/mol. The topological polar surface area (TPSA) is 70.8 Å². The Hall–Kier alpha value is -2.60. The molecule has 1 saturated carbocycles. The van der Waals surface area contributed by atoms with Crippen molar-refractivity contribution in [2.24, 2.45) is 5.92 Å². The Morgan fingerprint density at radius 3 is 3.00 bits per heavy atom. The second kappa shape index (κ2) is 11.0.